The van der Waals surface area contributed by atoms with Gasteiger partial charge in [-0.2, -0.15) is 0 Å². The molecule has 3 heterocycles. The number of benzene rings is 1. The maximum Gasteiger partial charge on any atom is 0.253 e. The van der Waals surface area contributed by atoms with E-state index < -0.39 is 47.6 Å². The largest absolute Gasteiger partial charge is 0.379 e. The molecule has 0 radical (unpaired) electrons. The highest BCUT2D eigenvalue weighted by atomic mass is 32.1. The summed E-state index contributed by atoms with van der Waals surface area (Å²) in [5, 5.41) is 11.6. The molecule has 0 spiro atoms. The van der Waals surface area contributed by atoms with E-state index in [-0.39, 0.29) is 112 Å². The molecule has 4 rings (SSSR count). The first-order chi connectivity index (χ1) is 34.3. The Labute approximate surface area is 429 Å². The van der Waals surface area contributed by atoms with Crippen molar-refractivity contribution in [3.63, 3.8) is 0 Å². The van der Waals surface area contributed by atoms with Gasteiger partial charge in [0.25, 0.3) is 11.8 Å². The molecule has 19 nitrogen and oxygen atoms in total. The molecule has 8 atom stereocenters. The summed E-state index contributed by atoms with van der Waals surface area (Å²) < 4.78 is 28.5. The van der Waals surface area contributed by atoms with Crippen molar-refractivity contribution in [2.24, 2.45) is 17.8 Å². The Hall–Kier alpha value is -5.12. The third-order valence-corrected chi connectivity index (χ3v) is 14.3. The number of nitrogens with one attached hydrogen (secondary N) is 3. The van der Waals surface area contributed by atoms with Crippen LogP contribution in [0.2, 0.25) is 0 Å². The number of aromatic nitrogens is 1. The van der Waals surface area contributed by atoms with Crippen LogP contribution in [0.5, 0.6) is 0 Å². The number of likely N-dealkylation sites (tertiary alicyclic amines) is 1. The minimum atomic E-state index is -1.38. The predicted molar refractivity (Wildman–Crippen MR) is 271 cm³/mol. The van der Waals surface area contributed by atoms with E-state index in [2.05, 4.69) is 20.9 Å². The van der Waals surface area contributed by atoms with Crippen molar-refractivity contribution < 1.29 is 57.2 Å². The average molecular weight is 1030 g/mol. The molecule has 400 valence electrons. The molecular weight excluding hydrogens is 947 g/mol. The van der Waals surface area contributed by atoms with Crippen molar-refractivity contribution in [3.8, 4) is 0 Å². The smallest absolute Gasteiger partial charge is 0.253 e. The summed E-state index contributed by atoms with van der Waals surface area (Å²) in [5.74, 6) is -3.48. The second-order valence-corrected chi connectivity index (χ2v) is 20.3. The predicted octanol–water partition coefficient (Wildman–Crippen LogP) is 3.86. The van der Waals surface area contributed by atoms with Crippen LogP contribution in [0.3, 0.4) is 0 Å². The van der Waals surface area contributed by atoms with Crippen LogP contribution < -0.4 is 16.0 Å². The highest BCUT2D eigenvalue weighted by Gasteiger charge is 2.44. The maximum atomic E-state index is 14.5. The highest BCUT2D eigenvalue weighted by Crippen LogP contribution is 2.31. The normalized spacial score (nSPS) is 17.8. The van der Waals surface area contributed by atoms with Crippen LogP contribution in [0, 0.1) is 17.8 Å². The first-order valence-electron chi connectivity index (χ1n) is 25.1. The number of imide groups is 1. The van der Waals surface area contributed by atoms with Gasteiger partial charge >= 0.3 is 0 Å². The number of ether oxygens (including phenoxy) is 5. The zero-order chi connectivity index (χ0) is 53.0. The molecule has 2 aliphatic rings. The van der Waals surface area contributed by atoms with E-state index in [1.54, 1.807) is 44.0 Å². The monoisotopic (exact) mass is 1030 g/mol. The summed E-state index contributed by atoms with van der Waals surface area (Å²) >= 11 is 1.48. The molecule has 0 saturated carbocycles. The summed E-state index contributed by atoms with van der Waals surface area (Å²) in [6, 6.07) is 7.69. The van der Waals surface area contributed by atoms with Gasteiger partial charge < -0.3 is 49.4 Å². The Morgan fingerprint density at radius 2 is 1.53 bits per heavy atom. The molecule has 1 saturated heterocycles. The summed E-state index contributed by atoms with van der Waals surface area (Å²) in [7, 11) is 4.77. The number of rotatable bonds is 32. The number of likely N-dealkylation sites (N-methyl/N-ethyl adjacent to an activating group) is 1. The quantitative estimate of drug-likeness (QED) is 0.0701. The lowest BCUT2D eigenvalue weighted by Gasteiger charge is -2.41. The number of nitrogens with zero attached hydrogens (tertiary/aromatic N) is 4. The van der Waals surface area contributed by atoms with Crippen LogP contribution in [-0.2, 0) is 63.7 Å². The molecule has 1 fully saturated rings. The van der Waals surface area contributed by atoms with Crippen molar-refractivity contribution in [2.75, 3.05) is 74.0 Å². The Morgan fingerprint density at radius 1 is 0.889 bits per heavy atom. The molecule has 0 bridgehead atoms. The number of carbonyl (C=O) groups excluding carboxylic acids is 7. The number of methoxy groups -OCH3 is 2. The van der Waals surface area contributed by atoms with Gasteiger partial charge in [0.1, 0.15) is 16.6 Å². The fraction of sp³-hybridized carbons (Fsp3) is 0.654. The lowest BCUT2D eigenvalue weighted by Crippen LogP contribution is -2.62. The van der Waals surface area contributed by atoms with E-state index in [0.29, 0.717) is 25.8 Å². The van der Waals surface area contributed by atoms with Crippen LogP contribution in [-0.4, -0.2) is 171 Å². The molecular formula is C52H79N7O12S. The van der Waals surface area contributed by atoms with E-state index in [9.17, 15) is 33.6 Å². The van der Waals surface area contributed by atoms with E-state index in [1.165, 1.54) is 30.6 Å². The first-order valence-corrected chi connectivity index (χ1v) is 26.0. The van der Waals surface area contributed by atoms with Crippen LogP contribution in [0.25, 0.3) is 0 Å². The van der Waals surface area contributed by atoms with Gasteiger partial charge in [-0.1, -0.05) is 71.4 Å². The van der Waals surface area contributed by atoms with Gasteiger partial charge in [0.05, 0.1) is 88.9 Å². The zero-order valence-electron chi connectivity index (χ0n) is 43.9. The molecule has 20 heteroatoms. The Morgan fingerprint density at radius 3 is 2.11 bits per heavy atom. The molecule has 1 aromatic heterocycles. The van der Waals surface area contributed by atoms with Gasteiger partial charge in [-0.3, -0.25) is 38.5 Å². The highest BCUT2D eigenvalue weighted by molar-refractivity contribution is 7.09. The van der Waals surface area contributed by atoms with Gasteiger partial charge in [-0.15, -0.1) is 11.3 Å². The molecule has 0 unspecified atom stereocenters. The molecule has 2 aliphatic heterocycles. The standard InChI is InChI=1S/C52H79N7O12S/c1-11-35(4)46(40(67-9)33-44(63)58-23-15-18-39(58)47(68-10)36(5)48(64)54-38(49-53-22-31-72-49)32-37-16-13-12-14-17-37)57(8)50(65)45(34(2)3)55-51(66)52(6,7)56-41(60)21-25-69-27-29-71-30-28-70-26-24-59-42(61)19-20-43(59)62/h12-14,16-17,19-20,22,31,34-36,38-40,45-47H,11,15,18,21,23-30,32-33H2,1-10H3,(H,54,64)(H,55,66)(H,56,60)/t35-,36+,38-,39-,40+,45-,46-,47+/m0/s1. The maximum absolute atomic E-state index is 14.5. The SMILES string of the molecule is CC[C@H](C)[C@@H]([C@@H](CC(=O)N1CCC[C@H]1[C@H](OC)[C@@H](C)C(=O)N[C@@H](Cc1ccccc1)c1nccs1)OC)N(C)C(=O)[C@@H](NC(=O)C(C)(C)NC(=O)CCOCCOCCOCCN1C(=O)C=CC1=O)C(C)C. The number of hydrogen-bond acceptors (Lipinski definition) is 14. The minimum absolute atomic E-state index is 0.0201. The van der Waals surface area contributed by atoms with Crippen LogP contribution >= 0.6 is 11.3 Å². The Kier molecular flexibility index (Phi) is 24.4. The summed E-state index contributed by atoms with van der Waals surface area (Å²) in [4.78, 5) is 102. The lowest BCUT2D eigenvalue weighted by molar-refractivity contribution is -0.148. The van der Waals surface area contributed by atoms with Crippen LogP contribution in [0.1, 0.15) is 97.2 Å². The molecule has 7 amide bonds. The minimum Gasteiger partial charge on any atom is -0.379 e. The fourth-order valence-electron chi connectivity index (χ4n) is 9.10. The topological polar surface area (TPSA) is 224 Å². The fourth-order valence-corrected chi connectivity index (χ4v) is 9.79. The van der Waals surface area contributed by atoms with E-state index in [1.807, 2.05) is 70.3 Å². The van der Waals surface area contributed by atoms with Crippen molar-refractivity contribution >= 4 is 52.7 Å². The molecule has 1 aromatic carbocycles. The van der Waals surface area contributed by atoms with Crippen LogP contribution in [0.15, 0.2) is 54.1 Å². The third kappa shape index (κ3) is 17.3. The van der Waals surface area contributed by atoms with Gasteiger partial charge in [-0.05, 0) is 50.5 Å². The number of hydrogen-bond donors (Lipinski definition) is 3. The van der Waals surface area contributed by atoms with E-state index >= 15 is 0 Å². The van der Waals surface area contributed by atoms with Gasteiger partial charge in [0.2, 0.25) is 29.5 Å². The average Bonchev–Trinajstić information content (AvgIpc) is 4.14. The van der Waals surface area contributed by atoms with Crippen molar-refractivity contribution in [1.29, 1.82) is 0 Å². The van der Waals surface area contributed by atoms with E-state index in [0.717, 1.165) is 21.9 Å². The van der Waals surface area contributed by atoms with Crippen molar-refractivity contribution in [1.82, 2.24) is 35.6 Å². The molecule has 72 heavy (non-hydrogen) atoms. The lowest BCUT2D eigenvalue weighted by atomic mass is 9.89. The van der Waals surface area contributed by atoms with E-state index in [4.69, 9.17) is 23.7 Å². The van der Waals surface area contributed by atoms with Gasteiger partial charge in [0, 0.05) is 58.0 Å². The Balaban J connectivity index is 1.29. The van der Waals surface area contributed by atoms with Gasteiger partial charge in [-0.25, -0.2) is 4.98 Å². The second-order valence-electron chi connectivity index (χ2n) is 19.3. The summed E-state index contributed by atoms with van der Waals surface area (Å²) in [6.07, 6.45) is 5.44. The Bertz CT molecular complexity index is 2070. The van der Waals surface area contributed by atoms with Crippen molar-refractivity contribution in [3.05, 3.63) is 64.6 Å². The molecule has 0 aliphatic carbocycles. The summed E-state index contributed by atoms with van der Waals surface area (Å²) in [6.45, 7) is 14.6. The summed E-state index contributed by atoms with van der Waals surface area (Å²) in [5.41, 5.74) is -0.317. The number of carbonyl (C=O) groups is 7. The molecule has 2 aromatic rings. The second kappa shape index (κ2) is 29.5. The zero-order valence-corrected chi connectivity index (χ0v) is 44.7. The van der Waals surface area contributed by atoms with Crippen LogP contribution in [0.4, 0.5) is 0 Å². The molecule has 3 N–H and O–H groups in total. The first kappa shape index (κ1) is 59.4. The number of thiazole rings is 1. The number of amides is 7. The van der Waals surface area contributed by atoms with Crippen molar-refractivity contribution in [2.45, 2.75) is 129 Å². The third-order valence-electron chi connectivity index (χ3n) is 13.4. The van der Waals surface area contributed by atoms with Gasteiger partial charge in [0.15, 0.2) is 0 Å².